The van der Waals surface area contributed by atoms with Crippen LogP contribution in [0.4, 0.5) is 0 Å². The van der Waals surface area contributed by atoms with Gasteiger partial charge in [-0.3, -0.25) is 4.79 Å². The van der Waals surface area contributed by atoms with Gasteiger partial charge in [-0.2, -0.15) is 0 Å². The van der Waals surface area contributed by atoms with Gasteiger partial charge in [0.15, 0.2) is 0 Å². The fraction of sp³-hybridized carbons (Fsp3) is 0.0588. The molecule has 0 unspecified atom stereocenters. The molecule has 0 aliphatic heterocycles. The molecule has 0 radical (unpaired) electrons. The van der Waals surface area contributed by atoms with E-state index in [1.54, 1.807) is 34.9 Å². The third kappa shape index (κ3) is 2.33. The molecular weight excluding hydrogens is 346 g/mol. The van der Waals surface area contributed by atoms with E-state index in [0.717, 1.165) is 0 Å². The van der Waals surface area contributed by atoms with Gasteiger partial charge in [-0.15, -0.1) is 0 Å². The summed E-state index contributed by atoms with van der Waals surface area (Å²) in [5.41, 5.74) is 1.98. The molecule has 1 aromatic carbocycles. The molecule has 0 N–H and O–H groups in total. The number of hydrogen-bond donors (Lipinski definition) is 0. The van der Waals surface area contributed by atoms with Crippen LogP contribution >= 0.6 is 15.9 Å². The molecule has 0 atom stereocenters. The van der Waals surface area contributed by atoms with Crippen molar-refractivity contribution in [3.8, 4) is 0 Å². The summed E-state index contributed by atoms with van der Waals surface area (Å²) in [6, 6.07) is 14.2. The molecule has 2 heterocycles. The predicted octanol–water partition coefficient (Wildman–Crippen LogP) is 3.72. The van der Waals surface area contributed by atoms with E-state index in [9.17, 15) is 9.59 Å². The highest BCUT2D eigenvalue weighted by atomic mass is 79.9. The first kappa shape index (κ1) is 14.5. The summed E-state index contributed by atoms with van der Waals surface area (Å²) >= 11 is 3.39. The Morgan fingerprint density at radius 3 is 2.50 bits per heavy atom. The Hall–Kier alpha value is -2.40. The summed E-state index contributed by atoms with van der Waals surface area (Å²) in [5.74, 6) is -0.626. The van der Waals surface area contributed by atoms with Crippen molar-refractivity contribution in [1.82, 2.24) is 4.40 Å². The second kappa shape index (κ2) is 5.77. The van der Waals surface area contributed by atoms with Gasteiger partial charge in [-0.25, -0.2) is 4.79 Å². The summed E-state index contributed by atoms with van der Waals surface area (Å²) < 4.78 is 7.21. The first-order valence-electron chi connectivity index (χ1n) is 6.61. The average molecular weight is 358 g/mol. The molecule has 0 fully saturated rings. The van der Waals surface area contributed by atoms with Gasteiger partial charge in [0.1, 0.15) is 0 Å². The molecule has 2 aromatic heterocycles. The van der Waals surface area contributed by atoms with Gasteiger partial charge in [-0.05, 0) is 30.3 Å². The second-order valence-corrected chi connectivity index (χ2v) is 5.55. The van der Waals surface area contributed by atoms with Crippen LogP contribution in [0.15, 0.2) is 59.2 Å². The molecule has 0 saturated carbocycles. The number of benzene rings is 1. The van der Waals surface area contributed by atoms with Gasteiger partial charge in [-0.1, -0.05) is 34.1 Å². The van der Waals surface area contributed by atoms with Crippen molar-refractivity contribution in [3.05, 3.63) is 76.0 Å². The largest absolute Gasteiger partial charge is 0.465 e. The maximum absolute atomic E-state index is 12.8. The molecule has 3 rings (SSSR count). The molecule has 110 valence electrons. The van der Waals surface area contributed by atoms with E-state index in [0.29, 0.717) is 26.8 Å². The van der Waals surface area contributed by atoms with Crippen LogP contribution in [0.5, 0.6) is 0 Å². The van der Waals surface area contributed by atoms with E-state index >= 15 is 0 Å². The topological polar surface area (TPSA) is 47.8 Å². The maximum Gasteiger partial charge on any atom is 0.340 e. The zero-order valence-corrected chi connectivity index (χ0v) is 13.3. The first-order valence-corrected chi connectivity index (χ1v) is 7.40. The molecule has 4 nitrogen and oxygen atoms in total. The van der Waals surface area contributed by atoms with Crippen LogP contribution in [0.3, 0.4) is 0 Å². The average Bonchev–Trinajstić information content (AvgIpc) is 2.94. The van der Waals surface area contributed by atoms with E-state index in [-0.39, 0.29) is 5.78 Å². The number of ether oxygens (including phenoxy) is 1. The number of methoxy groups -OCH3 is 1. The quantitative estimate of drug-likeness (QED) is 0.530. The predicted molar refractivity (Wildman–Crippen MR) is 86.3 cm³/mol. The number of carbonyl (C=O) groups is 2. The Balaban J connectivity index is 2.22. The minimum Gasteiger partial charge on any atom is -0.465 e. The monoisotopic (exact) mass is 357 g/mol. The lowest BCUT2D eigenvalue weighted by Gasteiger charge is -2.04. The summed E-state index contributed by atoms with van der Waals surface area (Å²) in [6.45, 7) is 0. The van der Waals surface area contributed by atoms with E-state index in [2.05, 4.69) is 15.9 Å². The van der Waals surface area contributed by atoms with Gasteiger partial charge < -0.3 is 9.14 Å². The zero-order valence-electron chi connectivity index (χ0n) is 11.7. The SMILES string of the molecule is COC(=O)c1cc(C(=O)c2ccccc2Br)n2ccccc12. The van der Waals surface area contributed by atoms with Crippen LogP contribution in [0, 0.1) is 0 Å². The molecule has 0 saturated heterocycles. The van der Waals surface area contributed by atoms with E-state index in [1.807, 2.05) is 24.3 Å². The highest BCUT2D eigenvalue weighted by Gasteiger charge is 2.21. The van der Waals surface area contributed by atoms with Crippen molar-refractivity contribution >= 4 is 33.2 Å². The van der Waals surface area contributed by atoms with Crippen molar-refractivity contribution in [2.75, 3.05) is 7.11 Å². The van der Waals surface area contributed by atoms with Gasteiger partial charge in [0.25, 0.3) is 0 Å². The van der Waals surface area contributed by atoms with Gasteiger partial charge in [0, 0.05) is 16.2 Å². The molecule has 3 aromatic rings. The molecule has 0 aliphatic carbocycles. The number of fused-ring (bicyclic) bond motifs is 1. The van der Waals surface area contributed by atoms with Crippen LogP contribution in [-0.4, -0.2) is 23.3 Å². The highest BCUT2D eigenvalue weighted by Crippen LogP contribution is 2.24. The van der Waals surface area contributed by atoms with Crippen LogP contribution in [-0.2, 0) is 4.74 Å². The summed E-state index contributed by atoms with van der Waals surface area (Å²) in [7, 11) is 1.32. The van der Waals surface area contributed by atoms with Crippen LogP contribution < -0.4 is 0 Å². The molecular formula is C17H12BrNO3. The third-order valence-electron chi connectivity index (χ3n) is 3.43. The van der Waals surface area contributed by atoms with Crippen molar-refractivity contribution in [2.45, 2.75) is 0 Å². The van der Waals surface area contributed by atoms with Crippen molar-refractivity contribution < 1.29 is 14.3 Å². The Labute approximate surface area is 135 Å². The molecule has 0 spiro atoms. The van der Waals surface area contributed by atoms with Crippen molar-refractivity contribution in [3.63, 3.8) is 0 Å². The fourth-order valence-electron chi connectivity index (χ4n) is 2.38. The van der Waals surface area contributed by atoms with Gasteiger partial charge in [0.05, 0.1) is 23.9 Å². The lowest BCUT2D eigenvalue weighted by molar-refractivity contribution is 0.0603. The molecule has 0 aliphatic rings. The standard InChI is InChI=1S/C17H12BrNO3/c1-22-17(21)12-10-15(19-9-5-4-8-14(12)19)16(20)11-6-2-3-7-13(11)18/h2-10H,1H3. The maximum atomic E-state index is 12.8. The van der Waals surface area contributed by atoms with Crippen molar-refractivity contribution in [1.29, 1.82) is 0 Å². The summed E-state index contributed by atoms with van der Waals surface area (Å²) in [4.78, 5) is 24.7. The molecule has 0 bridgehead atoms. The van der Waals surface area contributed by atoms with E-state index in [4.69, 9.17) is 4.74 Å². The number of hydrogen-bond acceptors (Lipinski definition) is 3. The smallest absolute Gasteiger partial charge is 0.340 e. The molecule has 0 amide bonds. The van der Waals surface area contributed by atoms with Crippen LogP contribution in [0.2, 0.25) is 0 Å². The number of carbonyl (C=O) groups excluding carboxylic acids is 2. The second-order valence-electron chi connectivity index (χ2n) is 4.70. The number of rotatable bonds is 3. The van der Waals surface area contributed by atoms with Crippen molar-refractivity contribution in [2.24, 2.45) is 0 Å². The van der Waals surface area contributed by atoms with Crippen LogP contribution in [0.25, 0.3) is 5.52 Å². The highest BCUT2D eigenvalue weighted by molar-refractivity contribution is 9.10. The lowest BCUT2D eigenvalue weighted by Crippen LogP contribution is -2.05. The Morgan fingerprint density at radius 2 is 1.77 bits per heavy atom. The normalized spacial score (nSPS) is 10.6. The zero-order chi connectivity index (χ0) is 15.7. The number of nitrogens with zero attached hydrogens (tertiary/aromatic N) is 1. The number of esters is 1. The van der Waals surface area contributed by atoms with Crippen LogP contribution in [0.1, 0.15) is 26.4 Å². The minimum absolute atomic E-state index is 0.163. The number of pyridine rings is 1. The molecule has 5 heteroatoms. The summed E-state index contributed by atoms with van der Waals surface area (Å²) in [6.07, 6.45) is 1.76. The Kier molecular flexibility index (Phi) is 3.81. The van der Waals surface area contributed by atoms with E-state index < -0.39 is 5.97 Å². The fourth-order valence-corrected chi connectivity index (χ4v) is 2.85. The lowest BCUT2D eigenvalue weighted by atomic mass is 10.1. The number of halogens is 1. The minimum atomic E-state index is -0.463. The number of aromatic nitrogens is 1. The van der Waals surface area contributed by atoms with Gasteiger partial charge >= 0.3 is 5.97 Å². The Morgan fingerprint density at radius 1 is 1.05 bits per heavy atom. The van der Waals surface area contributed by atoms with Gasteiger partial charge in [0.2, 0.25) is 5.78 Å². The third-order valence-corrected chi connectivity index (χ3v) is 4.12. The summed E-state index contributed by atoms with van der Waals surface area (Å²) in [5, 5.41) is 0. The molecule has 22 heavy (non-hydrogen) atoms. The first-order chi connectivity index (χ1) is 10.6. The number of ketones is 1. The Bertz CT molecular complexity index is 882. The van der Waals surface area contributed by atoms with E-state index in [1.165, 1.54) is 7.11 Å².